The Morgan fingerprint density at radius 3 is 1.70 bits per heavy atom. The number of hydrogen-bond acceptors (Lipinski definition) is 3. The van der Waals surface area contributed by atoms with Gasteiger partial charge in [0.2, 0.25) is 0 Å². The van der Waals surface area contributed by atoms with Crippen molar-refractivity contribution >= 4 is 0 Å². The van der Waals surface area contributed by atoms with Crippen LogP contribution in [0.4, 0.5) is 0 Å². The van der Waals surface area contributed by atoms with Crippen molar-refractivity contribution in [1.29, 1.82) is 0 Å². The van der Waals surface area contributed by atoms with Crippen molar-refractivity contribution < 1.29 is 9.47 Å². The average Bonchev–Trinajstić information content (AvgIpc) is 2.49. The summed E-state index contributed by atoms with van der Waals surface area (Å²) in [4.78, 5) is 0. The van der Waals surface area contributed by atoms with E-state index >= 15 is 0 Å². The molecule has 0 amide bonds. The first kappa shape index (κ1) is 16.3. The summed E-state index contributed by atoms with van der Waals surface area (Å²) >= 11 is 0. The number of hydrogen-bond donors (Lipinski definition) is 1. The second-order valence-electron chi connectivity index (χ2n) is 6.77. The molecule has 0 aliphatic heterocycles. The third kappa shape index (κ3) is 5.01. The Balaban J connectivity index is 1.62. The van der Waals surface area contributed by atoms with Crippen LogP contribution < -0.4 is 5.73 Å². The van der Waals surface area contributed by atoms with Crippen molar-refractivity contribution in [2.75, 3.05) is 6.54 Å². The van der Waals surface area contributed by atoms with Crippen molar-refractivity contribution in [2.24, 2.45) is 17.6 Å². The lowest BCUT2D eigenvalue weighted by molar-refractivity contribution is -0.196. The van der Waals surface area contributed by atoms with Gasteiger partial charge in [0, 0.05) is 0 Å². The van der Waals surface area contributed by atoms with Gasteiger partial charge in [-0.3, -0.25) is 0 Å². The Hall–Kier alpha value is -0.120. The molecule has 0 aromatic rings. The van der Waals surface area contributed by atoms with Gasteiger partial charge in [0.1, 0.15) is 0 Å². The van der Waals surface area contributed by atoms with Gasteiger partial charge in [-0.25, -0.2) is 0 Å². The normalized spacial score (nSPS) is 36.8. The summed E-state index contributed by atoms with van der Waals surface area (Å²) < 4.78 is 12.2. The van der Waals surface area contributed by atoms with Crippen molar-refractivity contribution in [2.45, 2.75) is 90.1 Å². The molecule has 3 heteroatoms. The average molecular weight is 283 g/mol. The Labute approximate surface area is 124 Å². The fourth-order valence-corrected chi connectivity index (χ4v) is 3.75. The lowest BCUT2D eigenvalue weighted by atomic mass is 9.86. The maximum Gasteiger partial charge on any atom is 0.155 e. The third-order valence-corrected chi connectivity index (χ3v) is 5.27. The largest absolute Gasteiger partial charge is 0.350 e. The minimum atomic E-state index is -0.0439. The highest BCUT2D eigenvalue weighted by Crippen LogP contribution is 2.30. The minimum absolute atomic E-state index is 0.0439. The summed E-state index contributed by atoms with van der Waals surface area (Å²) in [5, 5.41) is 0. The first-order valence-corrected chi connectivity index (χ1v) is 8.72. The molecular weight excluding hydrogens is 250 g/mol. The van der Waals surface area contributed by atoms with Crippen LogP contribution in [-0.4, -0.2) is 25.0 Å². The molecule has 1 unspecified atom stereocenters. The van der Waals surface area contributed by atoms with Crippen molar-refractivity contribution in [3.63, 3.8) is 0 Å². The van der Waals surface area contributed by atoms with Crippen molar-refractivity contribution in [3.05, 3.63) is 0 Å². The van der Waals surface area contributed by atoms with Crippen LogP contribution in [0.25, 0.3) is 0 Å². The summed E-state index contributed by atoms with van der Waals surface area (Å²) in [5.41, 5.74) is 5.73. The molecule has 0 aromatic heterocycles. The van der Waals surface area contributed by atoms with Gasteiger partial charge in [0.25, 0.3) is 0 Å². The summed E-state index contributed by atoms with van der Waals surface area (Å²) in [5.74, 6) is 1.65. The van der Waals surface area contributed by atoms with Gasteiger partial charge >= 0.3 is 0 Å². The van der Waals surface area contributed by atoms with Gasteiger partial charge < -0.3 is 15.2 Å². The minimum Gasteiger partial charge on any atom is -0.350 e. The molecule has 2 N–H and O–H groups in total. The van der Waals surface area contributed by atoms with E-state index in [1.54, 1.807) is 0 Å². The van der Waals surface area contributed by atoms with E-state index in [0.29, 0.717) is 12.2 Å². The van der Waals surface area contributed by atoms with E-state index in [-0.39, 0.29) is 6.29 Å². The predicted molar refractivity (Wildman–Crippen MR) is 82.5 cm³/mol. The van der Waals surface area contributed by atoms with Crippen LogP contribution in [0.15, 0.2) is 0 Å². The van der Waals surface area contributed by atoms with Gasteiger partial charge in [-0.1, -0.05) is 13.3 Å². The van der Waals surface area contributed by atoms with E-state index in [1.165, 1.54) is 44.9 Å². The van der Waals surface area contributed by atoms with E-state index in [9.17, 15) is 0 Å². The molecule has 2 aliphatic rings. The van der Waals surface area contributed by atoms with Crippen LogP contribution in [0.2, 0.25) is 0 Å². The van der Waals surface area contributed by atoms with Crippen molar-refractivity contribution in [3.8, 4) is 0 Å². The van der Waals surface area contributed by atoms with Gasteiger partial charge in [-0.2, -0.15) is 0 Å². The molecule has 0 bridgehead atoms. The molecule has 3 nitrogen and oxygen atoms in total. The topological polar surface area (TPSA) is 44.5 Å². The Morgan fingerprint density at radius 2 is 1.30 bits per heavy atom. The predicted octanol–water partition coefficient (Wildman–Crippen LogP) is 3.85. The summed E-state index contributed by atoms with van der Waals surface area (Å²) in [6.07, 6.45) is 11.9. The highest BCUT2D eigenvalue weighted by molar-refractivity contribution is 4.74. The molecule has 2 fully saturated rings. The Kier molecular flexibility index (Phi) is 6.79. The van der Waals surface area contributed by atoms with E-state index in [4.69, 9.17) is 15.2 Å². The molecule has 0 aromatic carbocycles. The molecule has 20 heavy (non-hydrogen) atoms. The first-order chi connectivity index (χ1) is 9.71. The van der Waals surface area contributed by atoms with E-state index < -0.39 is 0 Å². The van der Waals surface area contributed by atoms with Gasteiger partial charge in [-0.05, 0) is 76.7 Å². The molecular formula is C17H33NO2. The lowest BCUT2D eigenvalue weighted by Crippen LogP contribution is -2.32. The standard InChI is InChI=1S/C17H33NO2/c1-3-14-4-8-16(9-5-14)19-13(2)20-17-10-6-15(12-18)7-11-17/h13-17H,3-12,18H2,1-2H3. The van der Waals surface area contributed by atoms with Crippen LogP contribution in [-0.2, 0) is 9.47 Å². The number of rotatable bonds is 6. The van der Waals surface area contributed by atoms with Gasteiger partial charge in [-0.15, -0.1) is 0 Å². The monoisotopic (exact) mass is 283 g/mol. The second kappa shape index (κ2) is 8.35. The van der Waals surface area contributed by atoms with Crippen LogP contribution in [0.1, 0.15) is 71.6 Å². The highest BCUT2D eigenvalue weighted by Gasteiger charge is 2.25. The Bertz CT molecular complexity index is 230. The smallest absolute Gasteiger partial charge is 0.155 e. The zero-order chi connectivity index (χ0) is 14.4. The first-order valence-electron chi connectivity index (χ1n) is 8.72. The fraction of sp³-hybridized carbons (Fsp3) is 1.00. The maximum absolute atomic E-state index is 6.09. The number of ether oxygens (including phenoxy) is 2. The molecule has 2 rings (SSSR count). The molecule has 2 aliphatic carbocycles. The Morgan fingerprint density at radius 1 is 0.850 bits per heavy atom. The van der Waals surface area contributed by atoms with Crippen LogP contribution >= 0.6 is 0 Å². The number of nitrogens with two attached hydrogens (primary N) is 1. The third-order valence-electron chi connectivity index (χ3n) is 5.27. The van der Waals surface area contributed by atoms with E-state index in [1.807, 2.05) is 0 Å². The van der Waals surface area contributed by atoms with Crippen LogP contribution in [0, 0.1) is 11.8 Å². The van der Waals surface area contributed by atoms with E-state index in [2.05, 4.69) is 13.8 Å². The summed E-state index contributed by atoms with van der Waals surface area (Å²) in [6, 6.07) is 0. The van der Waals surface area contributed by atoms with Gasteiger partial charge in [0.15, 0.2) is 6.29 Å². The quantitative estimate of drug-likeness (QED) is 0.753. The molecule has 1 atom stereocenters. The van der Waals surface area contributed by atoms with Crippen molar-refractivity contribution in [1.82, 2.24) is 0 Å². The molecule has 118 valence electrons. The zero-order valence-electron chi connectivity index (χ0n) is 13.4. The molecule has 0 radical (unpaired) electrons. The molecule has 0 spiro atoms. The fourth-order valence-electron chi connectivity index (χ4n) is 3.75. The zero-order valence-corrected chi connectivity index (χ0v) is 13.4. The second-order valence-corrected chi connectivity index (χ2v) is 6.77. The molecule has 0 heterocycles. The SMILES string of the molecule is CCC1CCC(OC(C)OC2CCC(CN)CC2)CC1. The summed E-state index contributed by atoms with van der Waals surface area (Å²) in [7, 11) is 0. The lowest BCUT2D eigenvalue weighted by Gasteiger charge is -2.33. The van der Waals surface area contributed by atoms with Crippen LogP contribution in [0.3, 0.4) is 0 Å². The van der Waals surface area contributed by atoms with Crippen LogP contribution in [0.5, 0.6) is 0 Å². The highest BCUT2D eigenvalue weighted by atomic mass is 16.7. The maximum atomic E-state index is 6.09. The molecule has 0 saturated heterocycles. The summed E-state index contributed by atoms with van der Waals surface area (Å²) in [6.45, 7) is 5.20. The molecule has 2 saturated carbocycles. The van der Waals surface area contributed by atoms with E-state index in [0.717, 1.165) is 31.2 Å². The van der Waals surface area contributed by atoms with Gasteiger partial charge in [0.05, 0.1) is 12.2 Å².